The van der Waals surface area contributed by atoms with Gasteiger partial charge in [-0.3, -0.25) is 0 Å². The van der Waals surface area contributed by atoms with Crippen molar-refractivity contribution < 1.29 is 4.74 Å². The Balaban J connectivity index is 2.17. The largest absolute Gasteiger partial charge is 0.496 e. The predicted octanol–water partition coefficient (Wildman–Crippen LogP) is 1.62. The molecule has 3 heteroatoms. The third-order valence-electron chi connectivity index (χ3n) is 3.48. The van der Waals surface area contributed by atoms with E-state index in [1.165, 1.54) is 11.1 Å². The fourth-order valence-corrected chi connectivity index (χ4v) is 2.46. The van der Waals surface area contributed by atoms with Crippen LogP contribution in [0.4, 0.5) is 0 Å². The second kappa shape index (κ2) is 5.52. The highest BCUT2D eigenvalue weighted by molar-refractivity contribution is 5.37. The van der Waals surface area contributed by atoms with E-state index < -0.39 is 0 Å². The molecule has 1 saturated heterocycles. The quantitative estimate of drug-likeness (QED) is 0.841. The summed E-state index contributed by atoms with van der Waals surface area (Å²) in [6, 6.07) is 6.53. The van der Waals surface area contributed by atoms with Crippen molar-refractivity contribution in [2.24, 2.45) is 0 Å². The minimum absolute atomic E-state index is 0.576. The van der Waals surface area contributed by atoms with Crippen molar-refractivity contribution in [2.75, 3.05) is 40.3 Å². The van der Waals surface area contributed by atoms with Crippen LogP contribution in [-0.2, 0) is 0 Å². The number of nitrogens with zero attached hydrogens (tertiary/aromatic N) is 1. The molecule has 0 aromatic heterocycles. The standard InChI is InChI=1S/C14H22N2O/c1-11-8-12(4-5-14(11)17-3)13-9-15-6-7-16(2)10-13/h4-5,8,13,15H,6-7,9-10H2,1-3H3. The summed E-state index contributed by atoms with van der Waals surface area (Å²) in [4.78, 5) is 2.39. The molecule has 0 saturated carbocycles. The summed E-state index contributed by atoms with van der Waals surface area (Å²) in [5.41, 5.74) is 2.63. The van der Waals surface area contributed by atoms with Gasteiger partial charge < -0.3 is 15.0 Å². The van der Waals surface area contributed by atoms with E-state index in [4.69, 9.17) is 4.74 Å². The van der Waals surface area contributed by atoms with Crippen LogP contribution in [0.2, 0.25) is 0 Å². The lowest BCUT2D eigenvalue weighted by Crippen LogP contribution is -2.24. The van der Waals surface area contributed by atoms with Crippen molar-refractivity contribution in [3.05, 3.63) is 29.3 Å². The Morgan fingerprint density at radius 2 is 2.24 bits per heavy atom. The lowest BCUT2D eigenvalue weighted by Gasteiger charge is -2.20. The number of likely N-dealkylation sites (N-methyl/N-ethyl adjacent to an activating group) is 1. The van der Waals surface area contributed by atoms with Crippen LogP contribution in [0.15, 0.2) is 18.2 Å². The normalized spacial score (nSPS) is 22.2. The van der Waals surface area contributed by atoms with Crippen molar-refractivity contribution in [3.8, 4) is 5.75 Å². The van der Waals surface area contributed by atoms with Crippen molar-refractivity contribution in [3.63, 3.8) is 0 Å². The van der Waals surface area contributed by atoms with Gasteiger partial charge in [0.1, 0.15) is 5.75 Å². The summed E-state index contributed by atoms with van der Waals surface area (Å²) in [6.45, 7) is 6.51. The van der Waals surface area contributed by atoms with Crippen LogP contribution in [0, 0.1) is 6.92 Å². The van der Waals surface area contributed by atoms with Crippen LogP contribution in [0.5, 0.6) is 5.75 Å². The lowest BCUT2D eigenvalue weighted by atomic mass is 9.97. The van der Waals surface area contributed by atoms with Crippen molar-refractivity contribution >= 4 is 0 Å². The molecule has 0 amide bonds. The SMILES string of the molecule is COc1ccc(C2CNCCN(C)C2)cc1C. The summed E-state index contributed by atoms with van der Waals surface area (Å²) in [5.74, 6) is 1.55. The van der Waals surface area contributed by atoms with Gasteiger partial charge >= 0.3 is 0 Å². The molecule has 0 spiro atoms. The molecule has 3 nitrogen and oxygen atoms in total. The molecular weight excluding hydrogens is 212 g/mol. The first-order valence-electron chi connectivity index (χ1n) is 6.24. The highest BCUT2D eigenvalue weighted by atomic mass is 16.5. The molecule has 0 bridgehead atoms. The van der Waals surface area contributed by atoms with Crippen molar-refractivity contribution in [1.29, 1.82) is 0 Å². The fraction of sp³-hybridized carbons (Fsp3) is 0.571. The molecule has 17 heavy (non-hydrogen) atoms. The molecule has 1 aliphatic rings. The Morgan fingerprint density at radius 3 is 2.94 bits per heavy atom. The number of benzene rings is 1. The first-order valence-corrected chi connectivity index (χ1v) is 6.24. The number of ether oxygens (including phenoxy) is 1. The molecule has 2 rings (SSSR count). The van der Waals surface area contributed by atoms with Gasteiger partial charge in [-0.2, -0.15) is 0 Å². The second-order valence-corrected chi connectivity index (χ2v) is 4.89. The maximum absolute atomic E-state index is 5.31. The van der Waals surface area contributed by atoms with Gasteiger partial charge in [0, 0.05) is 32.1 Å². The molecule has 1 atom stereocenters. The summed E-state index contributed by atoms with van der Waals surface area (Å²) in [6.07, 6.45) is 0. The van der Waals surface area contributed by atoms with Gasteiger partial charge in [-0.1, -0.05) is 12.1 Å². The Kier molecular flexibility index (Phi) is 4.02. The third kappa shape index (κ3) is 2.99. The molecule has 1 fully saturated rings. The molecule has 1 N–H and O–H groups in total. The molecule has 1 unspecified atom stereocenters. The monoisotopic (exact) mass is 234 g/mol. The van der Waals surface area contributed by atoms with Crippen molar-refractivity contribution in [1.82, 2.24) is 10.2 Å². The van der Waals surface area contributed by atoms with Crippen LogP contribution in [-0.4, -0.2) is 45.2 Å². The maximum atomic E-state index is 5.31. The molecule has 1 aromatic carbocycles. The minimum Gasteiger partial charge on any atom is -0.496 e. The Morgan fingerprint density at radius 1 is 1.41 bits per heavy atom. The lowest BCUT2D eigenvalue weighted by molar-refractivity contribution is 0.342. The topological polar surface area (TPSA) is 24.5 Å². The highest BCUT2D eigenvalue weighted by Crippen LogP contribution is 2.24. The van der Waals surface area contributed by atoms with E-state index in [9.17, 15) is 0 Å². The average Bonchev–Trinajstić information content (AvgIpc) is 2.54. The van der Waals surface area contributed by atoms with E-state index in [1.807, 2.05) is 0 Å². The zero-order valence-electron chi connectivity index (χ0n) is 11.0. The van der Waals surface area contributed by atoms with Gasteiger partial charge in [0.15, 0.2) is 0 Å². The summed E-state index contributed by atoms with van der Waals surface area (Å²) < 4.78 is 5.31. The molecule has 1 heterocycles. The predicted molar refractivity (Wildman–Crippen MR) is 70.8 cm³/mol. The fourth-order valence-electron chi connectivity index (χ4n) is 2.46. The van der Waals surface area contributed by atoms with E-state index in [-0.39, 0.29) is 0 Å². The molecule has 0 radical (unpaired) electrons. The molecule has 1 aliphatic heterocycles. The third-order valence-corrected chi connectivity index (χ3v) is 3.48. The second-order valence-electron chi connectivity index (χ2n) is 4.89. The van der Waals surface area contributed by atoms with E-state index in [2.05, 4.69) is 42.4 Å². The zero-order chi connectivity index (χ0) is 12.3. The van der Waals surface area contributed by atoms with Gasteiger partial charge in [0.2, 0.25) is 0 Å². The summed E-state index contributed by atoms with van der Waals surface area (Å²) >= 11 is 0. The number of nitrogens with one attached hydrogen (secondary N) is 1. The van der Waals surface area contributed by atoms with Crippen LogP contribution in [0.3, 0.4) is 0 Å². The Bertz CT molecular complexity index is 378. The van der Waals surface area contributed by atoms with Crippen molar-refractivity contribution in [2.45, 2.75) is 12.8 Å². The van der Waals surface area contributed by atoms with Gasteiger partial charge in [-0.25, -0.2) is 0 Å². The summed E-state index contributed by atoms with van der Waals surface area (Å²) in [5, 5.41) is 3.50. The maximum Gasteiger partial charge on any atom is 0.121 e. The molecule has 0 aliphatic carbocycles. The van der Waals surface area contributed by atoms with E-state index in [1.54, 1.807) is 7.11 Å². The minimum atomic E-state index is 0.576. The van der Waals surface area contributed by atoms with Gasteiger partial charge in [0.25, 0.3) is 0 Å². The number of rotatable bonds is 2. The number of aryl methyl sites for hydroxylation is 1. The molecular formula is C14H22N2O. The highest BCUT2D eigenvalue weighted by Gasteiger charge is 2.17. The zero-order valence-corrected chi connectivity index (χ0v) is 11.0. The van der Waals surface area contributed by atoms with Crippen LogP contribution in [0.25, 0.3) is 0 Å². The number of methoxy groups -OCH3 is 1. The van der Waals surface area contributed by atoms with Gasteiger partial charge in [0.05, 0.1) is 7.11 Å². The summed E-state index contributed by atoms with van der Waals surface area (Å²) in [7, 11) is 3.92. The smallest absolute Gasteiger partial charge is 0.121 e. The van der Waals surface area contributed by atoms with Crippen LogP contribution < -0.4 is 10.1 Å². The molecule has 1 aromatic rings. The van der Waals surface area contributed by atoms with Gasteiger partial charge in [-0.05, 0) is 31.2 Å². The number of hydrogen-bond donors (Lipinski definition) is 1. The van der Waals surface area contributed by atoms with E-state index in [0.29, 0.717) is 5.92 Å². The van der Waals surface area contributed by atoms with Crippen LogP contribution >= 0.6 is 0 Å². The first kappa shape index (κ1) is 12.4. The number of hydrogen-bond acceptors (Lipinski definition) is 3. The Hall–Kier alpha value is -1.06. The Labute approximate surface area is 104 Å². The average molecular weight is 234 g/mol. The van der Waals surface area contributed by atoms with Gasteiger partial charge in [-0.15, -0.1) is 0 Å². The van der Waals surface area contributed by atoms with E-state index in [0.717, 1.165) is 31.9 Å². The molecule has 94 valence electrons. The van der Waals surface area contributed by atoms with Crippen LogP contribution in [0.1, 0.15) is 17.0 Å². The van der Waals surface area contributed by atoms with E-state index >= 15 is 0 Å². The first-order chi connectivity index (χ1) is 8.20.